The lowest BCUT2D eigenvalue weighted by atomic mass is 9.97. The first-order valence-corrected chi connectivity index (χ1v) is 21.6. The van der Waals surface area contributed by atoms with Crippen LogP contribution in [0.15, 0.2) is 235 Å². The molecule has 0 N–H and O–H groups in total. The van der Waals surface area contributed by atoms with Crippen molar-refractivity contribution in [2.75, 3.05) is 4.90 Å². The van der Waals surface area contributed by atoms with Crippen molar-refractivity contribution in [2.45, 2.75) is 6.92 Å². The Morgan fingerprint density at radius 2 is 0.714 bits per heavy atom. The molecule has 0 atom stereocenters. The predicted molar refractivity (Wildman–Crippen MR) is 267 cm³/mol. The highest BCUT2D eigenvalue weighted by Crippen LogP contribution is 2.40. The summed E-state index contributed by atoms with van der Waals surface area (Å²) in [6, 6.07) is 83.6. The maximum Gasteiger partial charge on any atom is 0.138 e. The topological polar surface area (TPSA) is 16.4 Å². The summed E-state index contributed by atoms with van der Waals surface area (Å²) in [7, 11) is 0. The van der Waals surface area contributed by atoms with Crippen molar-refractivity contribution in [1.29, 1.82) is 0 Å². The van der Waals surface area contributed by atoms with Crippen LogP contribution in [0.5, 0.6) is 0 Å². The van der Waals surface area contributed by atoms with Gasteiger partial charge in [-0.3, -0.25) is 0 Å². The molecule has 2 nitrogen and oxygen atoms in total. The molecule has 63 heavy (non-hydrogen) atoms. The molecule has 1 aromatic heterocycles. The van der Waals surface area contributed by atoms with E-state index in [4.69, 9.17) is 4.42 Å². The van der Waals surface area contributed by atoms with Gasteiger partial charge in [-0.15, -0.1) is 0 Å². The lowest BCUT2D eigenvalue weighted by Gasteiger charge is -2.26. The molecule has 12 rings (SSSR count). The summed E-state index contributed by atoms with van der Waals surface area (Å²) < 4.78 is 6.31. The Morgan fingerprint density at radius 3 is 1.33 bits per heavy atom. The number of hydrogen-bond acceptors (Lipinski definition) is 2. The van der Waals surface area contributed by atoms with Crippen molar-refractivity contribution in [3.05, 3.63) is 236 Å². The fraction of sp³-hybridized carbons (Fsp3) is 0.0164. The van der Waals surface area contributed by atoms with Crippen LogP contribution in [0.4, 0.5) is 17.1 Å². The fourth-order valence-electron chi connectivity index (χ4n) is 9.53. The first-order chi connectivity index (χ1) is 31.1. The molecule has 0 radical (unpaired) electrons. The molecule has 2 heteroatoms. The van der Waals surface area contributed by atoms with Crippen molar-refractivity contribution in [3.8, 4) is 44.7 Å². The smallest absolute Gasteiger partial charge is 0.138 e. The summed E-state index contributed by atoms with van der Waals surface area (Å²) in [6.07, 6.45) is 0. The van der Waals surface area contributed by atoms with Gasteiger partial charge >= 0.3 is 0 Å². The van der Waals surface area contributed by atoms with E-state index in [9.17, 15) is 0 Å². The second kappa shape index (κ2) is 15.1. The third kappa shape index (κ3) is 6.52. The maximum atomic E-state index is 6.31. The van der Waals surface area contributed by atoms with E-state index in [1.165, 1.54) is 76.5 Å². The number of anilines is 3. The van der Waals surface area contributed by atoms with Gasteiger partial charge in [0, 0.05) is 33.6 Å². The minimum Gasteiger partial charge on any atom is -0.456 e. The predicted octanol–water partition coefficient (Wildman–Crippen LogP) is 17.5. The largest absolute Gasteiger partial charge is 0.456 e. The molecule has 1 heterocycles. The molecule has 0 saturated heterocycles. The van der Waals surface area contributed by atoms with E-state index in [0.717, 1.165) is 44.9 Å². The molecular formula is C61H41NO. The van der Waals surface area contributed by atoms with Gasteiger partial charge in [-0.05, 0) is 138 Å². The van der Waals surface area contributed by atoms with Crippen LogP contribution in [-0.4, -0.2) is 0 Å². The molecule has 12 aromatic rings. The highest BCUT2D eigenvalue weighted by atomic mass is 16.3. The van der Waals surface area contributed by atoms with Crippen LogP contribution < -0.4 is 4.90 Å². The molecule has 0 fully saturated rings. The van der Waals surface area contributed by atoms with Crippen molar-refractivity contribution in [1.82, 2.24) is 0 Å². The van der Waals surface area contributed by atoms with Gasteiger partial charge < -0.3 is 9.32 Å². The van der Waals surface area contributed by atoms with Gasteiger partial charge in [-0.25, -0.2) is 0 Å². The summed E-state index contributed by atoms with van der Waals surface area (Å²) in [6.45, 7) is 2.14. The van der Waals surface area contributed by atoms with E-state index in [0.29, 0.717) is 0 Å². The number of furan rings is 1. The summed E-state index contributed by atoms with van der Waals surface area (Å²) in [5.74, 6) is 0.927. The standard InChI is InChI=1S/C61H41NO/c1-40-55-13-6-7-16-60(55)63-61(40)51-12-8-11-47(38-51)43-19-17-41(18-20-43)42-25-30-52(31-26-42)62(54-34-36-59-50(39-54)24-22-46-10-3-5-15-57(46)59)53-32-27-44(28-33-53)48-29-35-58-49(37-48)23-21-45-9-2-4-14-56(45)58/h2-39H,1H3. The maximum absolute atomic E-state index is 6.31. The first-order valence-electron chi connectivity index (χ1n) is 21.6. The second-order valence-corrected chi connectivity index (χ2v) is 16.6. The zero-order chi connectivity index (χ0) is 41.9. The molecule has 0 saturated carbocycles. The normalized spacial score (nSPS) is 11.6. The molecule has 0 aliphatic heterocycles. The van der Waals surface area contributed by atoms with Crippen molar-refractivity contribution >= 4 is 71.1 Å². The SMILES string of the molecule is Cc1c(-c2cccc(-c3ccc(-c4ccc(N(c5ccc(-c6ccc7c(ccc8ccccc87)c6)cc5)c5ccc6c(ccc7ccccc76)c5)cc4)cc3)c2)oc2ccccc12. The summed E-state index contributed by atoms with van der Waals surface area (Å²) in [4.78, 5) is 2.37. The van der Waals surface area contributed by atoms with Crippen LogP contribution in [0.25, 0.3) is 98.8 Å². The van der Waals surface area contributed by atoms with Gasteiger partial charge in [-0.1, -0.05) is 176 Å². The molecule has 11 aromatic carbocycles. The first kappa shape index (κ1) is 36.6. The van der Waals surface area contributed by atoms with Gasteiger partial charge in [0.2, 0.25) is 0 Å². The van der Waals surface area contributed by atoms with Crippen LogP contribution in [0.1, 0.15) is 5.56 Å². The van der Waals surface area contributed by atoms with E-state index in [2.05, 4.69) is 230 Å². The number of benzene rings is 11. The monoisotopic (exact) mass is 803 g/mol. The molecule has 0 bridgehead atoms. The number of aryl methyl sites for hydroxylation is 1. The minimum absolute atomic E-state index is 0.920. The van der Waals surface area contributed by atoms with E-state index in [-0.39, 0.29) is 0 Å². The third-order valence-corrected chi connectivity index (χ3v) is 12.8. The van der Waals surface area contributed by atoms with Gasteiger partial charge in [-0.2, -0.15) is 0 Å². The van der Waals surface area contributed by atoms with Crippen LogP contribution >= 0.6 is 0 Å². The zero-order valence-corrected chi connectivity index (χ0v) is 34.8. The summed E-state index contributed by atoms with van der Waals surface area (Å²) in [5.41, 5.74) is 13.5. The van der Waals surface area contributed by atoms with Crippen molar-refractivity contribution < 1.29 is 4.42 Å². The number of nitrogens with zero attached hydrogens (tertiary/aromatic N) is 1. The Morgan fingerprint density at radius 1 is 0.286 bits per heavy atom. The quantitative estimate of drug-likeness (QED) is 0.149. The molecule has 296 valence electrons. The number of rotatable bonds is 7. The third-order valence-electron chi connectivity index (χ3n) is 12.8. The summed E-state index contributed by atoms with van der Waals surface area (Å²) >= 11 is 0. The average Bonchev–Trinajstić information content (AvgIpc) is 3.70. The van der Waals surface area contributed by atoms with Gasteiger partial charge in [0.05, 0.1) is 0 Å². The zero-order valence-electron chi connectivity index (χ0n) is 34.8. The minimum atomic E-state index is 0.920. The Bertz CT molecular complexity index is 3670. The highest BCUT2D eigenvalue weighted by molar-refractivity contribution is 6.09. The Kier molecular flexibility index (Phi) is 8.76. The lowest BCUT2D eigenvalue weighted by molar-refractivity contribution is 0.629. The molecule has 0 spiro atoms. The van der Waals surface area contributed by atoms with Gasteiger partial charge in [0.25, 0.3) is 0 Å². The number of para-hydroxylation sites is 1. The van der Waals surface area contributed by atoms with E-state index >= 15 is 0 Å². The van der Waals surface area contributed by atoms with Crippen LogP contribution in [0.2, 0.25) is 0 Å². The number of hydrogen-bond donors (Lipinski definition) is 0. The van der Waals surface area contributed by atoms with Crippen molar-refractivity contribution in [2.24, 2.45) is 0 Å². The van der Waals surface area contributed by atoms with Crippen LogP contribution in [0.3, 0.4) is 0 Å². The molecule has 0 amide bonds. The van der Waals surface area contributed by atoms with Gasteiger partial charge in [0.1, 0.15) is 11.3 Å². The number of fused-ring (bicyclic) bond motifs is 7. The Labute approximate surface area is 366 Å². The van der Waals surface area contributed by atoms with Gasteiger partial charge in [0.15, 0.2) is 0 Å². The second-order valence-electron chi connectivity index (χ2n) is 16.6. The molecule has 0 unspecified atom stereocenters. The van der Waals surface area contributed by atoms with E-state index in [1.54, 1.807) is 0 Å². The fourth-order valence-corrected chi connectivity index (χ4v) is 9.53. The van der Waals surface area contributed by atoms with E-state index < -0.39 is 0 Å². The molecule has 0 aliphatic rings. The lowest BCUT2D eigenvalue weighted by Crippen LogP contribution is -2.09. The van der Waals surface area contributed by atoms with Crippen molar-refractivity contribution in [3.63, 3.8) is 0 Å². The average molecular weight is 804 g/mol. The summed E-state index contributed by atoms with van der Waals surface area (Å²) in [5, 5.41) is 11.2. The highest BCUT2D eigenvalue weighted by Gasteiger charge is 2.16. The Hall–Kier alpha value is -8.20. The Balaban J connectivity index is 0.874. The van der Waals surface area contributed by atoms with Crippen LogP contribution in [-0.2, 0) is 0 Å². The molecular weight excluding hydrogens is 763 g/mol. The van der Waals surface area contributed by atoms with E-state index in [1.807, 2.05) is 12.1 Å². The van der Waals surface area contributed by atoms with Crippen LogP contribution in [0, 0.1) is 6.92 Å². The molecule has 0 aliphatic carbocycles.